The van der Waals surface area contributed by atoms with Crippen molar-refractivity contribution in [2.24, 2.45) is 0 Å². The summed E-state index contributed by atoms with van der Waals surface area (Å²) in [4.78, 5) is 13.7. The summed E-state index contributed by atoms with van der Waals surface area (Å²) in [5, 5.41) is 13.1. The molecule has 0 spiro atoms. The number of nitrogens with one attached hydrogen (secondary N) is 1. The van der Waals surface area contributed by atoms with Crippen molar-refractivity contribution in [2.45, 2.75) is 12.5 Å². The molecule has 5 nitrogen and oxygen atoms in total. The van der Waals surface area contributed by atoms with E-state index < -0.39 is 6.10 Å². The van der Waals surface area contributed by atoms with Gasteiger partial charge in [-0.25, -0.2) is 0 Å². The van der Waals surface area contributed by atoms with Crippen LogP contribution >= 0.6 is 23.2 Å². The van der Waals surface area contributed by atoms with Gasteiger partial charge in [0.25, 0.3) is 0 Å². The van der Waals surface area contributed by atoms with Gasteiger partial charge in [-0.3, -0.25) is 4.79 Å². The molecule has 7 heteroatoms. The fourth-order valence-electron chi connectivity index (χ4n) is 1.81. The number of para-hydroxylation sites is 1. The molecule has 0 heterocycles. The number of aliphatic hydroxyl groups excluding tert-OH is 1. The predicted molar refractivity (Wildman–Crippen MR) is 85.1 cm³/mol. The lowest BCUT2D eigenvalue weighted by atomic mass is 10.3. The third-order valence-corrected chi connectivity index (χ3v) is 3.46. The monoisotopic (exact) mass is 334 g/mol. The van der Waals surface area contributed by atoms with E-state index in [-0.39, 0.29) is 18.9 Å². The summed E-state index contributed by atoms with van der Waals surface area (Å²) in [7, 11) is 3.36. The molecule has 1 rings (SSSR count). The lowest BCUT2D eigenvalue weighted by Gasteiger charge is -2.19. The molecule has 118 valence electrons. The van der Waals surface area contributed by atoms with Gasteiger partial charge in [0.15, 0.2) is 0 Å². The number of hydrogen-bond donors (Lipinski definition) is 2. The predicted octanol–water partition coefficient (Wildman–Crippen LogP) is 2.26. The SMILES string of the molecule is COCC(O)CN(C)CCC(=O)Nc1c(Cl)cccc1Cl. The van der Waals surface area contributed by atoms with Crippen molar-refractivity contribution in [1.29, 1.82) is 0 Å². The summed E-state index contributed by atoms with van der Waals surface area (Å²) < 4.78 is 4.85. The second kappa shape index (κ2) is 9.23. The number of carbonyl (C=O) groups is 1. The fraction of sp³-hybridized carbons (Fsp3) is 0.500. The number of rotatable bonds is 8. The summed E-state index contributed by atoms with van der Waals surface area (Å²) >= 11 is 12.0. The normalized spacial score (nSPS) is 12.5. The van der Waals surface area contributed by atoms with Gasteiger partial charge >= 0.3 is 0 Å². The van der Waals surface area contributed by atoms with Crippen molar-refractivity contribution in [1.82, 2.24) is 4.90 Å². The first-order valence-electron chi connectivity index (χ1n) is 6.53. The van der Waals surface area contributed by atoms with Gasteiger partial charge in [-0.2, -0.15) is 0 Å². The Hall–Kier alpha value is -0.850. The summed E-state index contributed by atoms with van der Waals surface area (Å²) in [6, 6.07) is 5.04. The maximum absolute atomic E-state index is 11.9. The topological polar surface area (TPSA) is 61.8 Å². The Balaban J connectivity index is 2.41. The Labute approximate surface area is 134 Å². The molecule has 1 aromatic rings. The van der Waals surface area contributed by atoms with Gasteiger partial charge in [-0.15, -0.1) is 0 Å². The first-order valence-corrected chi connectivity index (χ1v) is 7.29. The molecular formula is C14H20Cl2N2O3. The minimum Gasteiger partial charge on any atom is -0.389 e. The molecule has 0 saturated heterocycles. The van der Waals surface area contributed by atoms with Crippen LogP contribution in [0.5, 0.6) is 0 Å². The van der Waals surface area contributed by atoms with E-state index in [2.05, 4.69) is 5.32 Å². The highest BCUT2D eigenvalue weighted by atomic mass is 35.5. The molecule has 2 N–H and O–H groups in total. The number of ether oxygens (including phenoxy) is 1. The zero-order chi connectivity index (χ0) is 15.8. The molecule has 0 aliphatic carbocycles. The van der Waals surface area contributed by atoms with Crippen LogP contribution in [0.25, 0.3) is 0 Å². The molecule has 21 heavy (non-hydrogen) atoms. The number of halogens is 2. The van der Waals surface area contributed by atoms with Crippen LogP contribution in [-0.2, 0) is 9.53 Å². The van der Waals surface area contributed by atoms with Crippen molar-refractivity contribution < 1.29 is 14.6 Å². The molecule has 0 fully saturated rings. The highest BCUT2D eigenvalue weighted by molar-refractivity contribution is 6.39. The quantitative estimate of drug-likeness (QED) is 0.765. The van der Waals surface area contributed by atoms with E-state index in [9.17, 15) is 9.90 Å². The van der Waals surface area contributed by atoms with E-state index in [4.69, 9.17) is 27.9 Å². The lowest BCUT2D eigenvalue weighted by Crippen LogP contribution is -2.33. The molecule has 0 aliphatic rings. The number of methoxy groups -OCH3 is 1. The van der Waals surface area contributed by atoms with Crippen LogP contribution < -0.4 is 5.32 Å². The Morgan fingerprint density at radius 3 is 2.62 bits per heavy atom. The van der Waals surface area contributed by atoms with Crippen LogP contribution in [0.15, 0.2) is 18.2 Å². The number of amides is 1. The first-order chi connectivity index (χ1) is 9.93. The molecule has 0 saturated carbocycles. The molecule has 1 amide bonds. The van der Waals surface area contributed by atoms with Crippen molar-refractivity contribution in [2.75, 3.05) is 39.2 Å². The van der Waals surface area contributed by atoms with E-state index in [0.29, 0.717) is 28.8 Å². The second-order valence-corrected chi connectivity index (χ2v) is 5.58. The summed E-state index contributed by atoms with van der Waals surface area (Å²) in [6.07, 6.45) is -0.293. The second-order valence-electron chi connectivity index (χ2n) is 4.77. The average molecular weight is 335 g/mol. The maximum Gasteiger partial charge on any atom is 0.225 e. The van der Waals surface area contributed by atoms with Crippen LogP contribution in [0.3, 0.4) is 0 Å². The minimum absolute atomic E-state index is 0.182. The molecule has 0 aromatic heterocycles. The Bertz CT molecular complexity index is 451. The van der Waals surface area contributed by atoms with Crippen LogP contribution in [-0.4, -0.2) is 55.9 Å². The van der Waals surface area contributed by atoms with Crippen LogP contribution in [0.1, 0.15) is 6.42 Å². The Kier molecular flexibility index (Phi) is 8.00. The molecule has 1 aromatic carbocycles. The fourth-order valence-corrected chi connectivity index (χ4v) is 2.30. The summed E-state index contributed by atoms with van der Waals surface area (Å²) in [5.74, 6) is -0.182. The molecule has 0 bridgehead atoms. The van der Waals surface area contributed by atoms with Gasteiger partial charge in [0.05, 0.1) is 28.4 Å². The number of benzene rings is 1. The molecule has 1 unspecified atom stereocenters. The van der Waals surface area contributed by atoms with Gasteiger partial charge in [0, 0.05) is 26.6 Å². The van der Waals surface area contributed by atoms with Gasteiger partial charge in [0.2, 0.25) is 5.91 Å². The Morgan fingerprint density at radius 2 is 2.05 bits per heavy atom. The standard InChI is InChI=1S/C14H20Cl2N2O3/c1-18(8-10(19)9-21-2)7-6-13(20)17-14-11(15)4-3-5-12(14)16/h3-5,10,19H,6-9H2,1-2H3,(H,17,20). The van der Waals surface area contributed by atoms with E-state index >= 15 is 0 Å². The third kappa shape index (κ3) is 6.63. The van der Waals surface area contributed by atoms with Crippen molar-refractivity contribution in [3.63, 3.8) is 0 Å². The van der Waals surface area contributed by atoms with E-state index in [1.54, 1.807) is 18.2 Å². The summed E-state index contributed by atoms with van der Waals surface area (Å²) in [6.45, 7) is 1.22. The Morgan fingerprint density at radius 1 is 1.43 bits per heavy atom. The number of carbonyl (C=O) groups excluding carboxylic acids is 1. The first kappa shape index (κ1) is 18.2. The van der Waals surface area contributed by atoms with E-state index in [1.165, 1.54) is 7.11 Å². The van der Waals surface area contributed by atoms with Crippen molar-refractivity contribution in [3.05, 3.63) is 28.2 Å². The minimum atomic E-state index is -0.568. The lowest BCUT2D eigenvalue weighted by molar-refractivity contribution is -0.116. The number of nitrogens with zero attached hydrogens (tertiary/aromatic N) is 1. The molecule has 0 aliphatic heterocycles. The zero-order valence-corrected chi connectivity index (χ0v) is 13.6. The molecule has 0 radical (unpaired) electrons. The smallest absolute Gasteiger partial charge is 0.225 e. The third-order valence-electron chi connectivity index (χ3n) is 2.83. The average Bonchev–Trinajstić information content (AvgIpc) is 2.41. The molecule has 1 atom stereocenters. The van der Waals surface area contributed by atoms with Gasteiger partial charge in [-0.05, 0) is 19.2 Å². The van der Waals surface area contributed by atoms with Crippen LogP contribution in [0.4, 0.5) is 5.69 Å². The maximum atomic E-state index is 11.9. The van der Waals surface area contributed by atoms with E-state index in [0.717, 1.165) is 0 Å². The number of hydrogen-bond acceptors (Lipinski definition) is 4. The van der Waals surface area contributed by atoms with Gasteiger partial charge < -0.3 is 20.1 Å². The summed E-state index contributed by atoms with van der Waals surface area (Å²) in [5.41, 5.74) is 0.424. The molecular weight excluding hydrogens is 315 g/mol. The largest absolute Gasteiger partial charge is 0.389 e. The van der Waals surface area contributed by atoms with Gasteiger partial charge in [0.1, 0.15) is 0 Å². The highest BCUT2D eigenvalue weighted by Crippen LogP contribution is 2.29. The van der Waals surface area contributed by atoms with Crippen molar-refractivity contribution in [3.8, 4) is 0 Å². The number of aliphatic hydroxyl groups is 1. The van der Waals surface area contributed by atoms with Crippen LogP contribution in [0.2, 0.25) is 10.0 Å². The van der Waals surface area contributed by atoms with Crippen molar-refractivity contribution >= 4 is 34.8 Å². The van der Waals surface area contributed by atoms with Gasteiger partial charge in [-0.1, -0.05) is 29.3 Å². The number of anilines is 1. The number of likely N-dealkylation sites (N-methyl/N-ethyl adjacent to an activating group) is 1. The zero-order valence-electron chi connectivity index (χ0n) is 12.1. The highest BCUT2D eigenvalue weighted by Gasteiger charge is 2.12. The van der Waals surface area contributed by atoms with Crippen LogP contribution in [0, 0.1) is 0 Å². The van der Waals surface area contributed by atoms with E-state index in [1.807, 2.05) is 11.9 Å².